The van der Waals surface area contributed by atoms with E-state index in [0.717, 1.165) is 11.1 Å². The van der Waals surface area contributed by atoms with Crippen LogP contribution in [0.15, 0.2) is 29.8 Å². The monoisotopic (exact) mass is 223 g/mol. The van der Waals surface area contributed by atoms with Gasteiger partial charge in [0.25, 0.3) is 0 Å². The third kappa shape index (κ3) is 3.66. The van der Waals surface area contributed by atoms with Gasteiger partial charge in [-0.3, -0.25) is 0 Å². The van der Waals surface area contributed by atoms with E-state index in [0.29, 0.717) is 6.61 Å². The average molecular weight is 223 g/mol. The first-order chi connectivity index (χ1) is 7.50. The molecule has 0 aliphatic heterocycles. The fraction of sp³-hybridized carbons (Fsp3) is 0.385. The normalized spacial score (nSPS) is 12.1. The van der Waals surface area contributed by atoms with Crippen LogP contribution in [0.4, 0.5) is 4.39 Å². The van der Waals surface area contributed by atoms with Gasteiger partial charge < -0.3 is 10.5 Å². The van der Waals surface area contributed by atoms with E-state index in [1.165, 1.54) is 6.07 Å². The molecule has 0 saturated carbocycles. The van der Waals surface area contributed by atoms with Gasteiger partial charge in [-0.15, -0.1) is 0 Å². The Kier molecular flexibility index (Phi) is 4.50. The number of allylic oxidation sites excluding steroid dienone is 1. The lowest BCUT2D eigenvalue weighted by Gasteiger charge is -2.09. The van der Waals surface area contributed by atoms with Gasteiger partial charge in [0.2, 0.25) is 0 Å². The van der Waals surface area contributed by atoms with Crippen LogP contribution >= 0.6 is 0 Å². The molecule has 88 valence electrons. The Morgan fingerprint density at radius 3 is 2.69 bits per heavy atom. The van der Waals surface area contributed by atoms with Crippen LogP contribution in [0, 0.1) is 5.82 Å². The molecule has 0 aromatic heterocycles. The first kappa shape index (κ1) is 12.7. The standard InChI is InChI=1S/C13H18FNO/c1-9(2)6-7-16-13-5-4-11(10(3)15)8-12(13)14/h4-6,8,10H,7,15H2,1-3H3. The molecule has 2 nitrogen and oxygen atoms in total. The van der Waals surface area contributed by atoms with Crippen molar-refractivity contribution in [1.29, 1.82) is 0 Å². The topological polar surface area (TPSA) is 35.2 Å². The van der Waals surface area contributed by atoms with Crippen molar-refractivity contribution in [1.82, 2.24) is 0 Å². The van der Waals surface area contributed by atoms with Gasteiger partial charge in [-0.05, 0) is 44.5 Å². The zero-order chi connectivity index (χ0) is 12.1. The lowest BCUT2D eigenvalue weighted by molar-refractivity contribution is 0.340. The molecule has 1 unspecified atom stereocenters. The molecule has 0 bridgehead atoms. The highest BCUT2D eigenvalue weighted by atomic mass is 19.1. The maximum Gasteiger partial charge on any atom is 0.165 e. The van der Waals surface area contributed by atoms with Crippen molar-refractivity contribution < 1.29 is 9.13 Å². The third-order valence-electron chi connectivity index (χ3n) is 2.21. The highest BCUT2D eigenvalue weighted by Crippen LogP contribution is 2.21. The van der Waals surface area contributed by atoms with Crippen molar-refractivity contribution >= 4 is 0 Å². The minimum atomic E-state index is -0.364. The number of hydrogen-bond donors (Lipinski definition) is 1. The van der Waals surface area contributed by atoms with Gasteiger partial charge in [0.05, 0.1) is 0 Å². The number of hydrogen-bond acceptors (Lipinski definition) is 2. The first-order valence-electron chi connectivity index (χ1n) is 5.32. The molecule has 0 radical (unpaired) electrons. The lowest BCUT2D eigenvalue weighted by atomic mass is 10.1. The van der Waals surface area contributed by atoms with E-state index in [1.807, 2.05) is 26.8 Å². The summed E-state index contributed by atoms with van der Waals surface area (Å²) in [4.78, 5) is 0. The van der Waals surface area contributed by atoms with Crippen molar-refractivity contribution in [3.8, 4) is 5.75 Å². The summed E-state index contributed by atoms with van der Waals surface area (Å²) in [5, 5.41) is 0. The van der Waals surface area contributed by atoms with Crippen LogP contribution in [0.25, 0.3) is 0 Å². The van der Waals surface area contributed by atoms with E-state index in [2.05, 4.69) is 0 Å². The fourth-order valence-electron chi connectivity index (χ4n) is 1.22. The summed E-state index contributed by atoms with van der Waals surface area (Å²) in [6, 6.07) is 4.65. The van der Waals surface area contributed by atoms with Crippen LogP contribution in [0.5, 0.6) is 5.75 Å². The molecule has 0 amide bonds. The number of halogens is 1. The van der Waals surface area contributed by atoms with Crippen LogP contribution in [0.3, 0.4) is 0 Å². The highest BCUT2D eigenvalue weighted by molar-refractivity contribution is 5.30. The number of nitrogens with two attached hydrogens (primary N) is 1. The van der Waals surface area contributed by atoms with Gasteiger partial charge in [0.1, 0.15) is 6.61 Å². The summed E-state index contributed by atoms with van der Waals surface area (Å²) < 4.78 is 18.8. The van der Waals surface area contributed by atoms with Gasteiger partial charge in [0, 0.05) is 6.04 Å². The molecular weight excluding hydrogens is 205 g/mol. The highest BCUT2D eigenvalue weighted by Gasteiger charge is 2.06. The minimum Gasteiger partial charge on any atom is -0.486 e. The van der Waals surface area contributed by atoms with E-state index >= 15 is 0 Å². The van der Waals surface area contributed by atoms with Crippen LogP contribution in [-0.2, 0) is 0 Å². The number of rotatable bonds is 4. The Morgan fingerprint density at radius 2 is 2.19 bits per heavy atom. The fourth-order valence-corrected chi connectivity index (χ4v) is 1.22. The second-order valence-electron chi connectivity index (χ2n) is 4.07. The predicted octanol–water partition coefficient (Wildman–Crippen LogP) is 3.19. The van der Waals surface area contributed by atoms with E-state index in [4.69, 9.17) is 10.5 Å². The molecule has 1 aromatic carbocycles. The molecular formula is C13H18FNO. The lowest BCUT2D eigenvalue weighted by Crippen LogP contribution is -2.06. The molecule has 1 rings (SSSR count). The Hall–Kier alpha value is -1.35. The number of ether oxygens (including phenoxy) is 1. The molecule has 3 heteroatoms. The summed E-state index contributed by atoms with van der Waals surface area (Å²) in [6.07, 6.45) is 1.90. The second kappa shape index (κ2) is 5.66. The summed E-state index contributed by atoms with van der Waals surface area (Å²) >= 11 is 0. The second-order valence-corrected chi connectivity index (χ2v) is 4.07. The summed E-state index contributed by atoms with van der Waals surface area (Å²) in [5.41, 5.74) is 7.57. The molecule has 0 aliphatic carbocycles. The molecule has 16 heavy (non-hydrogen) atoms. The van der Waals surface area contributed by atoms with Crippen LogP contribution in [0.1, 0.15) is 32.4 Å². The van der Waals surface area contributed by atoms with Crippen LogP contribution in [0.2, 0.25) is 0 Å². The summed E-state index contributed by atoms with van der Waals surface area (Å²) in [5.74, 6) is -0.0983. The Labute approximate surface area is 95.9 Å². The van der Waals surface area contributed by atoms with Gasteiger partial charge in [-0.2, -0.15) is 0 Å². The van der Waals surface area contributed by atoms with E-state index in [-0.39, 0.29) is 17.6 Å². The average Bonchev–Trinajstić information content (AvgIpc) is 2.19. The maximum atomic E-state index is 13.5. The minimum absolute atomic E-state index is 0.165. The van der Waals surface area contributed by atoms with E-state index in [1.54, 1.807) is 12.1 Å². The van der Waals surface area contributed by atoms with Crippen molar-refractivity contribution in [3.63, 3.8) is 0 Å². The maximum absolute atomic E-state index is 13.5. The van der Waals surface area contributed by atoms with E-state index < -0.39 is 0 Å². The molecule has 0 heterocycles. The largest absolute Gasteiger partial charge is 0.486 e. The SMILES string of the molecule is CC(C)=CCOc1ccc(C(C)N)cc1F. The smallest absolute Gasteiger partial charge is 0.165 e. The Bertz CT molecular complexity index is 382. The predicted molar refractivity (Wildman–Crippen MR) is 63.9 cm³/mol. The van der Waals surface area contributed by atoms with Crippen molar-refractivity contribution in [2.24, 2.45) is 5.73 Å². The van der Waals surface area contributed by atoms with Gasteiger partial charge in [-0.25, -0.2) is 4.39 Å². The third-order valence-corrected chi connectivity index (χ3v) is 2.21. The summed E-state index contributed by atoms with van der Waals surface area (Å²) in [6.45, 7) is 6.15. The first-order valence-corrected chi connectivity index (χ1v) is 5.32. The van der Waals surface area contributed by atoms with Crippen LogP contribution in [-0.4, -0.2) is 6.61 Å². The zero-order valence-electron chi connectivity index (χ0n) is 9.96. The van der Waals surface area contributed by atoms with Gasteiger partial charge >= 0.3 is 0 Å². The van der Waals surface area contributed by atoms with Crippen molar-refractivity contribution in [2.75, 3.05) is 6.61 Å². The molecule has 0 fully saturated rings. The molecule has 2 N–H and O–H groups in total. The van der Waals surface area contributed by atoms with Crippen molar-refractivity contribution in [3.05, 3.63) is 41.2 Å². The van der Waals surface area contributed by atoms with E-state index in [9.17, 15) is 4.39 Å². The van der Waals surface area contributed by atoms with Gasteiger partial charge in [-0.1, -0.05) is 11.6 Å². The molecule has 0 aliphatic rings. The molecule has 0 saturated heterocycles. The van der Waals surface area contributed by atoms with Gasteiger partial charge in [0.15, 0.2) is 11.6 Å². The molecule has 0 spiro atoms. The zero-order valence-corrected chi connectivity index (χ0v) is 9.96. The molecule has 1 aromatic rings. The Balaban J connectivity index is 2.72. The van der Waals surface area contributed by atoms with Crippen molar-refractivity contribution in [2.45, 2.75) is 26.8 Å². The number of benzene rings is 1. The molecule has 1 atom stereocenters. The Morgan fingerprint density at radius 1 is 1.50 bits per heavy atom. The summed E-state index contributed by atoms with van der Waals surface area (Å²) in [7, 11) is 0. The quantitative estimate of drug-likeness (QED) is 0.795. The van der Waals surface area contributed by atoms with Crippen LogP contribution < -0.4 is 10.5 Å².